The van der Waals surface area contributed by atoms with E-state index in [9.17, 15) is 5.11 Å². The number of nitrogens with two attached hydrogens (primary N) is 1. The second kappa shape index (κ2) is 8.53. The van der Waals surface area contributed by atoms with Crippen molar-refractivity contribution in [3.8, 4) is 0 Å². The van der Waals surface area contributed by atoms with E-state index in [1.165, 1.54) is 0 Å². The van der Waals surface area contributed by atoms with Gasteiger partial charge in [0, 0.05) is 13.0 Å². The monoisotopic (exact) mass is 263 g/mol. The molecule has 4 N–H and O–H groups in total. The van der Waals surface area contributed by atoms with E-state index >= 15 is 0 Å². The minimum absolute atomic E-state index is 0.329. The van der Waals surface area contributed by atoms with Crippen molar-refractivity contribution >= 4 is 5.96 Å². The first-order chi connectivity index (χ1) is 9.08. The number of hydrogen-bond acceptors (Lipinski definition) is 2. The summed E-state index contributed by atoms with van der Waals surface area (Å²) in [5, 5.41) is 12.9. The molecule has 4 nitrogen and oxygen atoms in total. The lowest BCUT2D eigenvalue weighted by molar-refractivity contribution is 0.184. The van der Waals surface area contributed by atoms with Gasteiger partial charge in [0.25, 0.3) is 0 Å². The Kier molecular flexibility index (Phi) is 6.97. The van der Waals surface area contributed by atoms with E-state index in [-0.39, 0.29) is 0 Å². The van der Waals surface area contributed by atoms with Crippen molar-refractivity contribution in [3.05, 3.63) is 35.9 Å². The summed E-state index contributed by atoms with van der Waals surface area (Å²) in [5.74, 6) is 1.05. The van der Waals surface area contributed by atoms with E-state index in [1.54, 1.807) is 0 Å². The van der Waals surface area contributed by atoms with Crippen LogP contribution in [0.1, 0.15) is 25.8 Å². The summed E-state index contributed by atoms with van der Waals surface area (Å²) in [4.78, 5) is 4.15. The molecule has 0 fully saturated rings. The number of guanidine groups is 1. The van der Waals surface area contributed by atoms with Crippen molar-refractivity contribution in [2.45, 2.75) is 32.8 Å². The van der Waals surface area contributed by atoms with Gasteiger partial charge in [-0.25, -0.2) is 0 Å². The molecule has 0 bridgehead atoms. The SMILES string of the molecule is CC(C)CCNC(N)=NCC(O)Cc1ccccc1. The quantitative estimate of drug-likeness (QED) is 0.516. The fraction of sp³-hybridized carbons (Fsp3) is 0.533. The Labute approximate surface area is 115 Å². The van der Waals surface area contributed by atoms with E-state index in [0.717, 1.165) is 18.5 Å². The van der Waals surface area contributed by atoms with Crippen molar-refractivity contribution in [2.75, 3.05) is 13.1 Å². The Morgan fingerprint density at radius 2 is 2.00 bits per heavy atom. The molecule has 0 radical (unpaired) electrons. The highest BCUT2D eigenvalue weighted by atomic mass is 16.3. The fourth-order valence-corrected chi connectivity index (χ4v) is 1.70. The summed E-state index contributed by atoms with van der Waals surface area (Å²) < 4.78 is 0. The number of rotatable bonds is 7. The molecule has 19 heavy (non-hydrogen) atoms. The van der Waals surface area contributed by atoms with Gasteiger partial charge in [-0.05, 0) is 17.9 Å². The number of aliphatic hydroxyl groups excluding tert-OH is 1. The smallest absolute Gasteiger partial charge is 0.188 e. The fourth-order valence-electron chi connectivity index (χ4n) is 1.70. The van der Waals surface area contributed by atoms with Crippen LogP contribution in [0.5, 0.6) is 0 Å². The molecule has 0 aromatic heterocycles. The molecule has 1 atom stereocenters. The van der Waals surface area contributed by atoms with Gasteiger partial charge in [-0.2, -0.15) is 0 Å². The van der Waals surface area contributed by atoms with Crippen LogP contribution < -0.4 is 11.1 Å². The molecule has 1 unspecified atom stereocenters. The minimum Gasteiger partial charge on any atom is -0.391 e. The molecule has 0 aliphatic heterocycles. The largest absolute Gasteiger partial charge is 0.391 e. The Morgan fingerprint density at radius 3 is 2.63 bits per heavy atom. The van der Waals surface area contributed by atoms with Crippen LogP contribution in [-0.4, -0.2) is 30.3 Å². The van der Waals surface area contributed by atoms with Gasteiger partial charge in [0.05, 0.1) is 12.6 Å². The Morgan fingerprint density at radius 1 is 1.32 bits per heavy atom. The molecule has 0 saturated heterocycles. The maximum atomic E-state index is 9.87. The highest BCUT2D eigenvalue weighted by molar-refractivity contribution is 5.77. The minimum atomic E-state index is -0.493. The van der Waals surface area contributed by atoms with Gasteiger partial charge < -0.3 is 16.2 Å². The number of aliphatic hydroxyl groups is 1. The first kappa shape index (κ1) is 15.5. The number of nitrogens with zero attached hydrogens (tertiary/aromatic N) is 1. The van der Waals surface area contributed by atoms with Gasteiger partial charge in [-0.3, -0.25) is 4.99 Å². The third-order valence-corrected chi connectivity index (χ3v) is 2.81. The molecule has 1 aromatic rings. The number of nitrogens with one attached hydrogen (secondary N) is 1. The summed E-state index contributed by atoms with van der Waals surface area (Å²) in [5.41, 5.74) is 6.84. The maximum Gasteiger partial charge on any atom is 0.188 e. The Balaban J connectivity index is 2.26. The van der Waals surface area contributed by atoms with Gasteiger partial charge in [0.15, 0.2) is 5.96 Å². The van der Waals surface area contributed by atoms with Gasteiger partial charge in [-0.15, -0.1) is 0 Å². The van der Waals surface area contributed by atoms with E-state index < -0.39 is 6.10 Å². The molecule has 1 rings (SSSR count). The van der Waals surface area contributed by atoms with E-state index in [2.05, 4.69) is 24.2 Å². The highest BCUT2D eigenvalue weighted by Crippen LogP contribution is 2.03. The molecule has 0 amide bonds. The first-order valence-electron chi connectivity index (χ1n) is 6.83. The van der Waals surface area contributed by atoms with Crippen molar-refractivity contribution < 1.29 is 5.11 Å². The second-order valence-electron chi connectivity index (χ2n) is 5.18. The average Bonchev–Trinajstić information content (AvgIpc) is 2.37. The average molecular weight is 263 g/mol. The number of hydrogen-bond donors (Lipinski definition) is 3. The summed E-state index contributed by atoms with van der Waals surface area (Å²) in [7, 11) is 0. The predicted molar refractivity (Wildman–Crippen MR) is 80.1 cm³/mol. The van der Waals surface area contributed by atoms with Crippen molar-refractivity contribution in [1.29, 1.82) is 0 Å². The van der Waals surface area contributed by atoms with Crippen molar-refractivity contribution in [2.24, 2.45) is 16.6 Å². The van der Waals surface area contributed by atoms with Gasteiger partial charge in [0.2, 0.25) is 0 Å². The standard InChI is InChI=1S/C15H25N3O/c1-12(2)8-9-17-15(16)18-11-14(19)10-13-6-4-3-5-7-13/h3-7,12,14,19H,8-11H2,1-2H3,(H3,16,17,18). The maximum absolute atomic E-state index is 9.87. The molecule has 0 aliphatic rings. The van der Waals surface area contributed by atoms with E-state index in [4.69, 9.17) is 5.73 Å². The highest BCUT2D eigenvalue weighted by Gasteiger charge is 2.04. The molecule has 0 aliphatic carbocycles. The van der Waals surface area contributed by atoms with Crippen LogP contribution in [0, 0.1) is 5.92 Å². The zero-order valence-corrected chi connectivity index (χ0v) is 11.8. The van der Waals surface area contributed by atoms with Crippen LogP contribution in [0.4, 0.5) is 0 Å². The molecule has 0 saturated carbocycles. The summed E-state index contributed by atoms with van der Waals surface area (Å²) in [6, 6.07) is 9.89. The van der Waals surface area contributed by atoms with Crippen molar-refractivity contribution in [1.82, 2.24) is 5.32 Å². The lowest BCUT2D eigenvalue weighted by Crippen LogP contribution is -2.34. The topological polar surface area (TPSA) is 70.6 Å². The number of benzene rings is 1. The first-order valence-corrected chi connectivity index (χ1v) is 6.83. The van der Waals surface area contributed by atoms with Crippen LogP contribution in [0.3, 0.4) is 0 Å². The normalized spacial score (nSPS) is 13.6. The second-order valence-corrected chi connectivity index (χ2v) is 5.18. The van der Waals surface area contributed by atoms with Crippen LogP contribution in [0.25, 0.3) is 0 Å². The van der Waals surface area contributed by atoms with Crippen LogP contribution >= 0.6 is 0 Å². The zero-order chi connectivity index (χ0) is 14.1. The van der Waals surface area contributed by atoms with Gasteiger partial charge in [-0.1, -0.05) is 44.2 Å². The summed E-state index contributed by atoms with van der Waals surface area (Å²) >= 11 is 0. The lowest BCUT2D eigenvalue weighted by Gasteiger charge is -2.10. The van der Waals surface area contributed by atoms with Crippen LogP contribution in [-0.2, 0) is 6.42 Å². The Bertz CT molecular complexity index is 376. The third kappa shape index (κ3) is 7.47. The summed E-state index contributed by atoms with van der Waals surface area (Å²) in [6.45, 7) is 5.48. The molecular formula is C15H25N3O. The molecule has 0 heterocycles. The lowest BCUT2D eigenvalue weighted by atomic mass is 10.1. The predicted octanol–water partition coefficient (Wildman–Crippen LogP) is 1.54. The molecule has 106 valence electrons. The molecule has 1 aromatic carbocycles. The molecule has 0 spiro atoms. The Hall–Kier alpha value is -1.55. The third-order valence-electron chi connectivity index (χ3n) is 2.81. The van der Waals surface area contributed by atoms with Crippen LogP contribution in [0.15, 0.2) is 35.3 Å². The van der Waals surface area contributed by atoms with Crippen molar-refractivity contribution in [3.63, 3.8) is 0 Å². The summed E-state index contributed by atoms with van der Waals surface area (Å²) in [6.07, 6.45) is 1.17. The molecule has 4 heteroatoms. The van der Waals surface area contributed by atoms with E-state index in [0.29, 0.717) is 24.8 Å². The van der Waals surface area contributed by atoms with Gasteiger partial charge >= 0.3 is 0 Å². The molecular weight excluding hydrogens is 238 g/mol. The van der Waals surface area contributed by atoms with Gasteiger partial charge in [0.1, 0.15) is 0 Å². The van der Waals surface area contributed by atoms with Crippen LogP contribution in [0.2, 0.25) is 0 Å². The van der Waals surface area contributed by atoms with E-state index in [1.807, 2.05) is 30.3 Å². The number of aliphatic imine (C=N–C) groups is 1. The zero-order valence-electron chi connectivity index (χ0n) is 11.8.